The maximum atomic E-state index is 12.7. The molecule has 2 heterocycles. The zero-order valence-electron chi connectivity index (χ0n) is 20.7. The lowest BCUT2D eigenvalue weighted by molar-refractivity contribution is -0.192. The number of Topliss-reactive ketones (excluding diaryl/α,β-unsaturated/α-hetero) is 1. The van der Waals surface area contributed by atoms with Crippen LogP contribution < -0.4 is 5.32 Å². The van der Waals surface area contributed by atoms with Crippen LogP contribution in [0.4, 0.5) is 13.2 Å². The second kappa shape index (κ2) is 12.7. The summed E-state index contributed by atoms with van der Waals surface area (Å²) < 4.78 is 31.7. The summed E-state index contributed by atoms with van der Waals surface area (Å²) in [5.41, 5.74) is 3.13. The van der Waals surface area contributed by atoms with E-state index >= 15 is 0 Å². The molecule has 3 N–H and O–H groups in total. The summed E-state index contributed by atoms with van der Waals surface area (Å²) in [7, 11) is 0. The van der Waals surface area contributed by atoms with Crippen molar-refractivity contribution in [2.75, 3.05) is 26.2 Å². The lowest BCUT2D eigenvalue weighted by Gasteiger charge is -2.38. The number of alkyl halides is 3. The van der Waals surface area contributed by atoms with E-state index in [2.05, 4.69) is 11.4 Å². The van der Waals surface area contributed by atoms with Crippen LogP contribution in [-0.2, 0) is 28.0 Å². The standard InChI is InChI=1S/C25H29ClN2O3.C2HF3O2/c26-22-5-3-21(4-6-22)25(31)11-15-28(16-12-25)24(30)8-7-23(29)20-2-1-18-9-13-27-14-10-19(18)17-20;3-2(4,5)1(6)7/h1-6,17,27,31H,7-16H2;(H,6,7). The molecule has 0 unspecified atom stereocenters. The predicted molar refractivity (Wildman–Crippen MR) is 135 cm³/mol. The number of ketones is 1. The zero-order valence-corrected chi connectivity index (χ0v) is 21.4. The molecule has 11 heteroatoms. The molecular formula is C27H30ClF3N2O5. The van der Waals surface area contributed by atoms with Crippen molar-refractivity contribution in [2.45, 2.75) is 50.3 Å². The first kappa shape index (κ1) is 29.6. The molecule has 0 aromatic heterocycles. The number of fused-ring (bicyclic) bond motifs is 1. The summed E-state index contributed by atoms with van der Waals surface area (Å²) in [6, 6.07) is 13.2. The highest BCUT2D eigenvalue weighted by molar-refractivity contribution is 6.30. The van der Waals surface area contributed by atoms with Gasteiger partial charge in [-0.3, -0.25) is 9.59 Å². The molecule has 2 aromatic rings. The van der Waals surface area contributed by atoms with Gasteiger partial charge >= 0.3 is 12.1 Å². The van der Waals surface area contributed by atoms with Crippen LogP contribution in [0.5, 0.6) is 0 Å². The van der Waals surface area contributed by atoms with Crippen LogP contribution in [0.2, 0.25) is 5.02 Å². The van der Waals surface area contributed by atoms with Crippen LogP contribution in [0.1, 0.15) is 52.7 Å². The van der Waals surface area contributed by atoms with Crippen LogP contribution in [0.25, 0.3) is 0 Å². The van der Waals surface area contributed by atoms with Crippen LogP contribution in [0, 0.1) is 0 Å². The lowest BCUT2D eigenvalue weighted by atomic mass is 9.84. The Morgan fingerprint density at radius 1 is 0.947 bits per heavy atom. The third-order valence-electron chi connectivity index (χ3n) is 6.80. The van der Waals surface area contributed by atoms with Crippen molar-refractivity contribution in [3.8, 4) is 0 Å². The van der Waals surface area contributed by atoms with E-state index in [9.17, 15) is 27.9 Å². The number of hydrogen-bond acceptors (Lipinski definition) is 5. The smallest absolute Gasteiger partial charge is 0.475 e. The first-order valence-corrected chi connectivity index (χ1v) is 12.7. The number of aliphatic carboxylic acids is 1. The van der Waals surface area contributed by atoms with Gasteiger partial charge in [-0.2, -0.15) is 13.2 Å². The Morgan fingerprint density at radius 3 is 2.11 bits per heavy atom. The second-order valence-electron chi connectivity index (χ2n) is 9.38. The van der Waals surface area contributed by atoms with Crippen molar-refractivity contribution in [2.24, 2.45) is 0 Å². The molecule has 7 nitrogen and oxygen atoms in total. The third kappa shape index (κ3) is 8.02. The number of nitrogens with one attached hydrogen (secondary N) is 1. The highest BCUT2D eigenvalue weighted by Gasteiger charge is 2.38. The number of halogens is 4. The Hall–Kier alpha value is -2.95. The first-order valence-electron chi connectivity index (χ1n) is 12.3. The highest BCUT2D eigenvalue weighted by atomic mass is 35.5. The van der Waals surface area contributed by atoms with Gasteiger partial charge in [0.15, 0.2) is 5.78 Å². The number of carboxylic acids is 1. The minimum atomic E-state index is -5.08. The number of piperidine rings is 1. The maximum absolute atomic E-state index is 12.7. The summed E-state index contributed by atoms with van der Waals surface area (Å²) in [4.78, 5) is 36.0. The topological polar surface area (TPSA) is 107 Å². The molecule has 2 aliphatic rings. The Bertz CT molecular complexity index is 1150. The number of aliphatic hydroxyl groups is 1. The molecule has 2 aromatic carbocycles. The number of likely N-dealkylation sites (tertiary alicyclic amines) is 1. The molecule has 1 amide bonds. The molecule has 38 heavy (non-hydrogen) atoms. The molecular weight excluding hydrogens is 525 g/mol. The number of amides is 1. The van der Waals surface area contributed by atoms with Gasteiger partial charge in [-0.1, -0.05) is 35.9 Å². The summed E-state index contributed by atoms with van der Waals surface area (Å²) in [5, 5.41) is 22.1. The van der Waals surface area contributed by atoms with E-state index < -0.39 is 17.7 Å². The molecule has 0 bridgehead atoms. The fourth-order valence-electron chi connectivity index (χ4n) is 4.54. The number of carbonyl (C=O) groups excluding carboxylic acids is 2. The molecule has 4 rings (SSSR count). The van der Waals surface area contributed by atoms with Crippen molar-refractivity contribution in [1.29, 1.82) is 0 Å². The minimum Gasteiger partial charge on any atom is -0.475 e. The fraction of sp³-hybridized carbons (Fsp3) is 0.444. The van der Waals surface area contributed by atoms with Crippen LogP contribution in [0.3, 0.4) is 0 Å². The Morgan fingerprint density at radius 2 is 1.53 bits per heavy atom. The summed E-state index contributed by atoms with van der Waals surface area (Å²) in [6.45, 7) is 2.87. The zero-order chi connectivity index (χ0) is 27.9. The molecule has 0 spiro atoms. The van der Waals surface area contributed by atoms with E-state index in [1.54, 1.807) is 17.0 Å². The monoisotopic (exact) mass is 554 g/mol. The van der Waals surface area contributed by atoms with Gasteiger partial charge in [-0.25, -0.2) is 4.79 Å². The van der Waals surface area contributed by atoms with Crippen LogP contribution >= 0.6 is 11.6 Å². The van der Waals surface area contributed by atoms with E-state index in [1.807, 2.05) is 24.3 Å². The molecule has 2 aliphatic heterocycles. The highest BCUT2D eigenvalue weighted by Crippen LogP contribution is 2.33. The van der Waals surface area contributed by atoms with Gasteiger partial charge in [-0.15, -0.1) is 0 Å². The number of benzene rings is 2. The number of hydrogen-bond donors (Lipinski definition) is 3. The van der Waals surface area contributed by atoms with Crippen LogP contribution in [-0.4, -0.2) is 65.1 Å². The predicted octanol–water partition coefficient (Wildman–Crippen LogP) is 4.13. The quantitative estimate of drug-likeness (QED) is 0.480. The van der Waals surface area contributed by atoms with Gasteiger partial charge in [-0.05, 0) is 73.7 Å². The SMILES string of the molecule is O=C(CCC(=O)N1CCC(O)(c2ccc(Cl)cc2)CC1)c1ccc2c(c1)CCNCC2.O=C(O)C(F)(F)F. The Labute approximate surface area is 223 Å². The van der Waals surface area contributed by atoms with Crippen LogP contribution in [0.15, 0.2) is 42.5 Å². The average molecular weight is 555 g/mol. The molecule has 1 fully saturated rings. The summed E-state index contributed by atoms with van der Waals surface area (Å²) in [5.74, 6) is -2.76. The van der Waals surface area contributed by atoms with Crippen molar-refractivity contribution in [3.05, 3.63) is 69.7 Å². The molecule has 0 saturated carbocycles. The molecule has 0 aliphatic carbocycles. The molecule has 206 valence electrons. The van der Waals surface area contributed by atoms with Crippen molar-refractivity contribution in [3.63, 3.8) is 0 Å². The average Bonchev–Trinajstić information content (AvgIpc) is 3.12. The van der Waals surface area contributed by atoms with Crippen molar-refractivity contribution in [1.82, 2.24) is 10.2 Å². The van der Waals surface area contributed by atoms with E-state index in [1.165, 1.54) is 11.1 Å². The van der Waals surface area contributed by atoms with Gasteiger partial charge in [0, 0.05) is 36.5 Å². The van der Waals surface area contributed by atoms with E-state index in [4.69, 9.17) is 21.5 Å². The molecule has 0 atom stereocenters. The summed E-state index contributed by atoms with van der Waals surface area (Å²) >= 11 is 5.94. The van der Waals surface area contributed by atoms with Crippen molar-refractivity contribution >= 4 is 29.3 Å². The van der Waals surface area contributed by atoms with Gasteiger partial charge < -0.3 is 20.4 Å². The number of rotatable bonds is 5. The fourth-order valence-corrected chi connectivity index (χ4v) is 4.67. The second-order valence-corrected chi connectivity index (χ2v) is 9.82. The van der Waals surface area contributed by atoms with Gasteiger partial charge in [0.05, 0.1) is 5.60 Å². The van der Waals surface area contributed by atoms with E-state index in [0.717, 1.165) is 31.5 Å². The third-order valence-corrected chi connectivity index (χ3v) is 7.06. The Balaban J connectivity index is 0.000000505. The molecule has 0 radical (unpaired) electrons. The van der Waals surface area contributed by atoms with E-state index in [-0.39, 0.29) is 24.5 Å². The minimum absolute atomic E-state index is 0.0167. The lowest BCUT2D eigenvalue weighted by Crippen LogP contribution is -2.45. The van der Waals surface area contributed by atoms with Gasteiger partial charge in [0.1, 0.15) is 0 Å². The largest absolute Gasteiger partial charge is 0.490 e. The Kier molecular flexibility index (Phi) is 9.92. The normalized spacial score (nSPS) is 16.9. The summed E-state index contributed by atoms with van der Waals surface area (Å²) in [6.07, 6.45) is -1.79. The molecule has 1 saturated heterocycles. The number of carboxylic acid groups (broad SMARTS) is 1. The maximum Gasteiger partial charge on any atom is 0.490 e. The number of nitrogens with zero attached hydrogens (tertiary/aromatic N) is 1. The van der Waals surface area contributed by atoms with Gasteiger partial charge in [0.2, 0.25) is 5.91 Å². The van der Waals surface area contributed by atoms with E-state index in [0.29, 0.717) is 36.5 Å². The number of carbonyl (C=O) groups is 3. The first-order chi connectivity index (χ1) is 17.9. The van der Waals surface area contributed by atoms with Crippen molar-refractivity contribution < 1.29 is 37.8 Å². The van der Waals surface area contributed by atoms with Gasteiger partial charge in [0.25, 0.3) is 0 Å².